The predicted molar refractivity (Wildman–Crippen MR) is 104 cm³/mol. The second kappa shape index (κ2) is 7.85. The molecule has 0 saturated heterocycles. The van der Waals surface area contributed by atoms with Crippen molar-refractivity contribution in [2.45, 2.75) is 0 Å². The first-order chi connectivity index (χ1) is 12.6. The van der Waals surface area contributed by atoms with E-state index < -0.39 is 6.03 Å². The summed E-state index contributed by atoms with van der Waals surface area (Å²) in [6.07, 6.45) is 0. The summed E-state index contributed by atoms with van der Waals surface area (Å²) in [5.74, 6) is 0. The molecule has 0 spiro atoms. The van der Waals surface area contributed by atoms with Crippen molar-refractivity contribution in [3.63, 3.8) is 0 Å². The average Bonchev–Trinajstić information content (AvgIpc) is 2.65. The van der Waals surface area contributed by atoms with Gasteiger partial charge in [-0.25, -0.2) is 9.59 Å². The highest BCUT2D eigenvalue weighted by Gasteiger charge is 2.18. The fourth-order valence-electron chi connectivity index (χ4n) is 2.50. The highest BCUT2D eigenvalue weighted by molar-refractivity contribution is 6.07. The Kier molecular flexibility index (Phi) is 5.14. The highest BCUT2D eigenvalue weighted by atomic mass is 16.2. The van der Waals surface area contributed by atoms with Crippen molar-refractivity contribution in [1.82, 2.24) is 0 Å². The number of nitrogens with two attached hydrogens (primary N) is 1. The fourth-order valence-corrected chi connectivity index (χ4v) is 2.50. The molecule has 0 heterocycles. The topological polar surface area (TPSA) is 87.5 Å². The minimum absolute atomic E-state index is 0.294. The van der Waals surface area contributed by atoms with Crippen molar-refractivity contribution < 1.29 is 9.59 Å². The summed E-state index contributed by atoms with van der Waals surface area (Å²) in [7, 11) is 0. The molecule has 0 saturated carbocycles. The Labute approximate surface area is 151 Å². The van der Waals surface area contributed by atoms with Crippen LogP contribution in [0, 0.1) is 0 Å². The van der Waals surface area contributed by atoms with Gasteiger partial charge in [-0.05, 0) is 48.5 Å². The first-order valence-corrected chi connectivity index (χ1v) is 8.01. The van der Waals surface area contributed by atoms with E-state index in [1.54, 1.807) is 29.2 Å². The third-order valence-electron chi connectivity index (χ3n) is 3.64. The van der Waals surface area contributed by atoms with Gasteiger partial charge in [0.2, 0.25) is 0 Å². The maximum absolute atomic E-state index is 12.9. The number of para-hydroxylation sites is 2. The molecule has 4 amide bonds. The number of benzene rings is 3. The molecule has 0 bridgehead atoms. The first-order valence-electron chi connectivity index (χ1n) is 8.01. The van der Waals surface area contributed by atoms with Crippen LogP contribution >= 0.6 is 0 Å². The molecule has 0 radical (unpaired) electrons. The Morgan fingerprint density at radius 1 is 0.654 bits per heavy atom. The summed E-state index contributed by atoms with van der Waals surface area (Å²) >= 11 is 0. The molecule has 0 aromatic heterocycles. The summed E-state index contributed by atoms with van der Waals surface area (Å²) in [6, 6.07) is 24.5. The van der Waals surface area contributed by atoms with Crippen LogP contribution in [0.5, 0.6) is 0 Å². The van der Waals surface area contributed by atoms with E-state index in [4.69, 9.17) is 5.73 Å². The van der Waals surface area contributed by atoms with Crippen molar-refractivity contribution in [2.75, 3.05) is 15.5 Å². The first kappa shape index (κ1) is 17.0. The van der Waals surface area contributed by atoms with Gasteiger partial charge in [-0.15, -0.1) is 0 Å². The van der Waals surface area contributed by atoms with Gasteiger partial charge in [-0.2, -0.15) is 0 Å². The van der Waals surface area contributed by atoms with Crippen molar-refractivity contribution in [3.8, 4) is 0 Å². The van der Waals surface area contributed by atoms with Crippen LogP contribution in [0.2, 0.25) is 0 Å². The van der Waals surface area contributed by atoms with E-state index in [2.05, 4.69) is 10.6 Å². The molecule has 0 aliphatic heterocycles. The van der Waals surface area contributed by atoms with Crippen molar-refractivity contribution in [2.24, 2.45) is 5.73 Å². The molecule has 0 fully saturated rings. The maximum Gasteiger partial charge on any atom is 0.330 e. The van der Waals surface area contributed by atoms with E-state index in [0.717, 1.165) is 5.69 Å². The Hall–Kier alpha value is -3.80. The lowest BCUT2D eigenvalue weighted by atomic mass is 10.2. The molecule has 3 aromatic carbocycles. The van der Waals surface area contributed by atoms with Crippen LogP contribution in [0.15, 0.2) is 84.9 Å². The molecular formula is C20H18N4O2. The Balaban J connectivity index is 1.91. The van der Waals surface area contributed by atoms with Crippen molar-refractivity contribution in [3.05, 3.63) is 84.9 Å². The second-order valence-electron chi connectivity index (χ2n) is 5.50. The van der Waals surface area contributed by atoms with E-state index in [-0.39, 0.29) is 6.03 Å². The van der Waals surface area contributed by atoms with Gasteiger partial charge in [0.1, 0.15) is 0 Å². The van der Waals surface area contributed by atoms with E-state index in [1.165, 1.54) is 0 Å². The molecule has 6 nitrogen and oxygen atoms in total. The lowest BCUT2D eigenvalue weighted by molar-refractivity contribution is 0.258. The molecule has 0 atom stereocenters. The lowest BCUT2D eigenvalue weighted by Gasteiger charge is -2.23. The quantitative estimate of drug-likeness (QED) is 0.647. The van der Waals surface area contributed by atoms with Crippen LogP contribution in [-0.2, 0) is 0 Å². The van der Waals surface area contributed by atoms with Crippen molar-refractivity contribution >= 4 is 34.8 Å². The minimum Gasteiger partial charge on any atom is -0.351 e. The lowest BCUT2D eigenvalue weighted by Crippen LogP contribution is -2.30. The third kappa shape index (κ3) is 4.18. The summed E-state index contributed by atoms with van der Waals surface area (Å²) in [6.45, 7) is 0. The number of nitrogens with one attached hydrogen (secondary N) is 2. The van der Waals surface area contributed by atoms with Crippen LogP contribution in [0.1, 0.15) is 0 Å². The van der Waals surface area contributed by atoms with Gasteiger partial charge in [0.15, 0.2) is 0 Å². The number of carbonyl (C=O) groups is 2. The smallest absolute Gasteiger partial charge is 0.330 e. The van der Waals surface area contributed by atoms with E-state index in [0.29, 0.717) is 17.1 Å². The Morgan fingerprint density at radius 2 is 1.15 bits per heavy atom. The maximum atomic E-state index is 12.9. The Bertz CT molecular complexity index is 881. The molecule has 0 aliphatic carbocycles. The average molecular weight is 346 g/mol. The van der Waals surface area contributed by atoms with E-state index in [1.807, 2.05) is 60.7 Å². The van der Waals surface area contributed by atoms with Gasteiger partial charge in [0, 0.05) is 11.4 Å². The monoisotopic (exact) mass is 346 g/mol. The van der Waals surface area contributed by atoms with Crippen molar-refractivity contribution in [1.29, 1.82) is 0 Å². The molecule has 6 heteroatoms. The minimum atomic E-state index is -0.639. The van der Waals surface area contributed by atoms with Crippen LogP contribution in [0.3, 0.4) is 0 Å². The molecule has 26 heavy (non-hydrogen) atoms. The number of hydrogen-bond donors (Lipinski definition) is 3. The van der Waals surface area contributed by atoms with Crippen LogP contribution < -0.4 is 21.3 Å². The number of hydrogen-bond acceptors (Lipinski definition) is 2. The zero-order valence-corrected chi connectivity index (χ0v) is 13.9. The summed E-state index contributed by atoms with van der Waals surface area (Å²) < 4.78 is 0. The number of carbonyl (C=O) groups excluding carboxylic acids is 2. The highest BCUT2D eigenvalue weighted by Crippen LogP contribution is 2.27. The predicted octanol–water partition coefficient (Wildman–Crippen LogP) is 4.55. The zero-order chi connectivity index (χ0) is 18.4. The third-order valence-corrected chi connectivity index (χ3v) is 3.64. The number of primary amides is 1. The van der Waals surface area contributed by atoms with Gasteiger partial charge < -0.3 is 16.4 Å². The number of urea groups is 2. The molecular weight excluding hydrogens is 328 g/mol. The van der Waals surface area contributed by atoms with E-state index >= 15 is 0 Å². The van der Waals surface area contributed by atoms with Gasteiger partial charge in [-0.3, -0.25) is 4.90 Å². The second-order valence-corrected chi connectivity index (χ2v) is 5.50. The molecule has 130 valence electrons. The molecule has 3 aromatic rings. The normalized spacial score (nSPS) is 10.0. The van der Waals surface area contributed by atoms with Crippen LogP contribution in [0.4, 0.5) is 32.3 Å². The summed E-state index contributed by atoms with van der Waals surface area (Å²) in [5, 5.41) is 5.38. The molecule has 0 unspecified atom stereocenters. The standard InChI is InChI=1S/C20H18N4O2/c21-19(25)22-16-11-13-18(14-12-16)24(17-9-5-2-6-10-17)20(26)23-15-7-3-1-4-8-15/h1-14H,(H,23,26)(H3,21,22,25). The van der Waals surface area contributed by atoms with Gasteiger partial charge in [0.05, 0.1) is 11.4 Å². The number of anilines is 4. The summed E-state index contributed by atoms with van der Waals surface area (Å²) in [4.78, 5) is 25.4. The van der Waals surface area contributed by atoms with Crippen LogP contribution in [0.25, 0.3) is 0 Å². The number of rotatable bonds is 4. The SMILES string of the molecule is NC(=O)Nc1ccc(N(C(=O)Nc2ccccc2)c2ccccc2)cc1. The molecule has 4 N–H and O–H groups in total. The van der Waals surface area contributed by atoms with Crippen LogP contribution in [-0.4, -0.2) is 12.1 Å². The van der Waals surface area contributed by atoms with Gasteiger partial charge >= 0.3 is 12.1 Å². The molecule has 3 rings (SSSR count). The van der Waals surface area contributed by atoms with Gasteiger partial charge in [0.25, 0.3) is 0 Å². The van der Waals surface area contributed by atoms with E-state index in [9.17, 15) is 9.59 Å². The Morgan fingerprint density at radius 3 is 1.73 bits per heavy atom. The number of amides is 4. The largest absolute Gasteiger partial charge is 0.351 e. The fraction of sp³-hybridized carbons (Fsp3) is 0. The molecule has 0 aliphatic rings. The number of nitrogens with zero attached hydrogens (tertiary/aromatic N) is 1. The van der Waals surface area contributed by atoms with Gasteiger partial charge in [-0.1, -0.05) is 36.4 Å². The zero-order valence-electron chi connectivity index (χ0n) is 13.9. The summed E-state index contributed by atoms with van der Waals surface area (Å²) in [5.41, 5.74) is 7.75.